The lowest BCUT2D eigenvalue weighted by Crippen LogP contribution is -2.29. The number of aryl methyl sites for hydroxylation is 2. The van der Waals surface area contributed by atoms with Crippen molar-refractivity contribution < 1.29 is 19.4 Å². The number of anilines is 2. The molecule has 0 amide bonds. The third-order valence-electron chi connectivity index (χ3n) is 7.19. The lowest BCUT2D eigenvalue weighted by Gasteiger charge is -2.31. The molecule has 0 aromatic heterocycles. The molecule has 6 nitrogen and oxygen atoms in total. The van der Waals surface area contributed by atoms with Crippen molar-refractivity contribution in [2.75, 3.05) is 30.8 Å². The minimum atomic E-state index is -1.19. The van der Waals surface area contributed by atoms with Gasteiger partial charge in [-0.15, -0.1) is 0 Å². The van der Waals surface area contributed by atoms with Crippen LogP contribution >= 0.6 is 0 Å². The van der Waals surface area contributed by atoms with Crippen LogP contribution in [-0.2, 0) is 9.53 Å². The highest BCUT2D eigenvalue weighted by Crippen LogP contribution is 2.47. The van der Waals surface area contributed by atoms with Crippen LogP contribution in [0.25, 0.3) is 22.3 Å². The Hall–Kier alpha value is -3.51. The van der Waals surface area contributed by atoms with Gasteiger partial charge in [-0.2, -0.15) is 0 Å². The number of carboxylic acids is 1. The van der Waals surface area contributed by atoms with Gasteiger partial charge in [0, 0.05) is 23.9 Å². The summed E-state index contributed by atoms with van der Waals surface area (Å²) in [6, 6.07) is 12.4. The van der Waals surface area contributed by atoms with Crippen molar-refractivity contribution in [1.29, 1.82) is 0 Å². The molecular weight excluding hydrogens is 464 g/mol. The van der Waals surface area contributed by atoms with E-state index in [-0.39, 0.29) is 0 Å². The maximum absolute atomic E-state index is 12.7. The highest BCUT2D eigenvalue weighted by Gasteiger charge is 2.34. The van der Waals surface area contributed by atoms with Crippen LogP contribution in [0.2, 0.25) is 0 Å². The molecule has 6 heteroatoms. The monoisotopic (exact) mass is 502 g/mol. The Morgan fingerprint density at radius 1 is 1.00 bits per heavy atom. The fourth-order valence-electron chi connectivity index (χ4n) is 5.11. The summed E-state index contributed by atoms with van der Waals surface area (Å²) in [6.45, 7) is 15.1. The molecule has 1 atom stereocenters. The van der Waals surface area contributed by atoms with E-state index in [9.17, 15) is 9.90 Å². The van der Waals surface area contributed by atoms with Crippen molar-refractivity contribution in [3.05, 3.63) is 64.2 Å². The third-order valence-corrected chi connectivity index (χ3v) is 7.19. The minimum absolute atomic E-state index is 0.571. The molecule has 196 valence electrons. The van der Waals surface area contributed by atoms with E-state index >= 15 is 0 Å². The predicted octanol–water partition coefficient (Wildman–Crippen LogP) is 6.61. The Balaban J connectivity index is 2.08. The molecule has 3 N–H and O–H groups in total. The highest BCUT2D eigenvalue weighted by molar-refractivity contribution is 5.94. The molecule has 0 radical (unpaired) electrons. The molecule has 1 aliphatic rings. The number of nitrogens with two attached hydrogens (primary N) is 1. The van der Waals surface area contributed by atoms with Gasteiger partial charge in [-0.1, -0.05) is 24.3 Å². The van der Waals surface area contributed by atoms with Crippen LogP contribution in [0.3, 0.4) is 0 Å². The van der Waals surface area contributed by atoms with Crippen molar-refractivity contribution in [3.63, 3.8) is 0 Å². The molecule has 0 fully saturated rings. The van der Waals surface area contributed by atoms with Gasteiger partial charge in [0.2, 0.25) is 0 Å². The fourth-order valence-corrected chi connectivity index (χ4v) is 5.11. The molecule has 3 aromatic rings. The Morgan fingerprint density at radius 2 is 1.65 bits per heavy atom. The van der Waals surface area contributed by atoms with Gasteiger partial charge in [0.15, 0.2) is 6.10 Å². The smallest absolute Gasteiger partial charge is 0.337 e. The first-order chi connectivity index (χ1) is 17.3. The maximum Gasteiger partial charge on any atom is 0.337 e. The number of hydrogen-bond donors (Lipinski definition) is 2. The van der Waals surface area contributed by atoms with Crippen molar-refractivity contribution in [3.8, 4) is 28.0 Å². The topological polar surface area (TPSA) is 85.0 Å². The summed E-state index contributed by atoms with van der Waals surface area (Å²) < 4.78 is 12.0. The number of aliphatic carboxylic acids is 1. The molecule has 4 rings (SSSR count). The number of hydrogen-bond acceptors (Lipinski definition) is 5. The van der Waals surface area contributed by atoms with Gasteiger partial charge in [-0.3, -0.25) is 0 Å². The Bertz CT molecular complexity index is 1370. The molecule has 1 unspecified atom stereocenters. The first-order valence-corrected chi connectivity index (χ1v) is 12.7. The first kappa shape index (κ1) is 26.6. The Kier molecular flexibility index (Phi) is 6.99. The number of likely N-dealkylation sites (N-methyl/N-ethyl adjacent to an activating group) is 1. The molecular formula is C31H38N2O4. The summed E-state index contributed by atoms with van der Waals surface area (Å²) in [7, 11) is 2.04. The van der Waals surface area contributed by atoms with Gasteiger partial charge in [0.1, 0.15) is 12.4 Å². The summed E-state index contributed by atoms with van der Waals surface area (Å²) in [5.74, 6) is -0.227. The summed E-state index contributed by atoms with van der Waals surface area (Å²) in [4.78, 5) is 14.8. The fraction of sp³-hybridized carbons (Fsp3) is 0.387. The number of nitrogen functional groups attached to an aromatic ring is 1. The second kappa shape index (κ2) is 9.75. The van der Waals surface area contributed by atoms with Gasteiger partial charge in [-0.25, -0.2) is 4.79 Å². The van der Waals surface area contributed by atoms with Crippen LogP contribution < -0.4 is 15.4 Å². The first-order valence-electron chi connectivity index (χ1n) is 12.7. The van der Waals surface area contributed by atoms with Crippen LogP contribution in [0.5, 0.6) is 5.75 Å². The van der Waals surface area contributed by atoms with Gasteiger partial charge in [-0.05, 0) is 99.5 Å². The SMILES string of the molecule is Cc1ccc(-c2c(C)c(-c3ccc4c(c3)N(C)CCO4)c(C(OC(C)(C)C)C(=O)O)c(C)c2N)cc1C. The quantitative estimate of drug-likeness (QED) is 0.382. The van der Waals surface area contributed by atoms with Crippen LogP contribution in [0.15, 0.2) is 36.4 Å². The summed E-state index contributed by atoms with van der Waals surface area (Å²) in [6.07, 6.45) is -1.19. The van der Waals surface area contributed by atoms with Gasteiger partial charge >= 0.3 is 5.97 Å². The maximum atomic E-state index is 12.7. The van der Waals surface area contributed by atoms with Crippen molar-refractivity contribution in [2.24, 2.45) is 0 Å². The third kappa shape index (κ3) is 5.03. The number of carboxylic acid groups (broad SMARTS) is 1. The van der Waals surface area contributed by atoms with Gasteiger partial charge in [0.25, 0.3) is 0 Å². The number of fused-ring (bicyclic) bond motifs is 1. The van der Waals surface area contributed by atoms with E-state index in [0.29, 0.717) is 23.4 Å². The molecule has 1 heterocycles. The van der Waals surface area contributed by atoms with Gasteiger partial charge < -0.3 is 25.2 Å². The second-order valence-corrected chi connectivity index (χ2v) is 11.0. The number of carbonyl (C=O) groups is 1. The minimum Gasteiger partial charge on any atom is -0.490 e. The van der Waals surface area contributed by atoms with E-state index in [4.69, 9.17) is 15.2 Å². The van der Waals surface area contributed by atoms with E-state index in [1.807, 2.05) is 53.8 Å². The predicted molar refractivity (Wildman–Crippen MR) is 151 cm³/mol. The largest absolute Gasteiger partial charge is 0.490 e. The zero-order valence-corrected chi connectivity index (χ0v) is 23.2. The van der Waals surface area contributed by atoms with E-state index in [1.54, 1.807) is 0 Å². The lowest BCUT2D eigenvalue weighted by molar-refractivity contribution is -0.160. The average Bonchev–Trinajstić information content (AvgIpc) is 2.82. The molecule has 0 bridgehead atoms. The van der Waals surface area contributed by atoms with E-state index in [1.165, 1.54) is 11.1 Å². The molecule has 37 heavy (non-hydrogen) atoms. The van der Waals surface area contributed by atoms with Crippen molar-refractivity contribution in [2.45, 2.75) is 60.2 Å². The number of rotatable bonds is 5. The van der Waals surface area contributed by atoms with E-state index in [2.05, 4.69) is 43.0 Å². The van der Waals surface area contributed by atoms with Crippen LogP contribution in [0.1, 0.15) is 54.7 Å². The average molecular weight is 503 g/mol. The normalized spacial score (nSPS) is 14.2. The summed E-state index contributed by atoms with van der Waals surface area (Å²) in [5, 5.41) is 10.4. The standard InChI is InChI=1S/C31H38N2O4/c1-17-9-10-21(15-18(17)2)26-19(3)25(22-11-12-24-23(16-22)33(8)13-14-36-24)27(20(4)28(26)32)29(30(34)35)37-31(5,6)7/h9-12,15-16,29H,13-14,32H2,1-8H3,(H,34,35). The summed E-state index contributed by atoms with van der Waals surface area (Å²) >= 11 is 0. The van der Waals surface area contributed by atoms with Crippen LogP contribution in [-0.4, -0.2) is 36.9 Å². The van der Waals surface area contributed by atoms with Gasteiger partial charge in [0.05, 0.1) is 17.8 Å². The van der Waals surface area contributed by atoms with Crippen LogP contribution in [0, 0.1) is 27.7 Å². The Morgan fingerprint density at radius 3 is 2.27 bits per heavy atom. The molecule has 0 aliphatic carbocycles. The Labute approximate surface area is 220 Å². The summed E-state index contributed by atoms with van der Waals surface area (Å²) in [5.41, 5.74) is 15.9. The zero-order valence-electron chi connectivity index (χ0n) is 23.2. The number of benzene rings is 3. The van der Waals surface area contributed by atoms with E-state index < -0.39 is 17.7 Å². The molecule has 0 saturated heterocycles. The lowest BCUT2D eigenvalue weighted by atomic mass is 9.82. The van der Waals surface area contributed by atoms with E-state index in [0.717, 1.165) is 45.8 Å². The van der Waals surface area contributed by atoms with Crippen molar-refractivity contribution >= 4 is 17.3 Å². The molecule has 1 aliphatic heterocycles. The second-order valence-electron chi connectivity index (χ2n) is 11.0. The molecule has 0 spiro atoms. The molecule has 0 saturated carbocycles. The zero-order chi connectivity index (χ0) is 27.2. The molecule has 3 aromatic carbocycles. The number of ether oxygens (including phenoxy) is 2. The highest BCUT2D eigenvalue weighted by atomic mass is 16.5. The number of nitrogens with zero attached hydrogens (tertiary/aromatic N) is 1. The van der Waals surface area contributed by atoms with Crippen molar-refractivity contribution in [1.82, 2.24) is 0 Å². The van der Waals surface area contributed by atoms with Crippen LogP contribution in [0.4, 0.5) is 11.4 Å².